The monoisotopic (exact) mass is 274 g/mol. The third-order valence-corrected chi connectivity index (χ3v) is 3.22. The number of carbonyl (C=O) groups is 1. The van der Waals surface area contributed by atoms with Crippen LogP contribution in [-0.4, -0.2) is 56.4 Å². The minimum absolute atomic E-state index is 0.304. The van der Waals surface area contributed by atoms with Gasteiger partial charge in [-0.05, 0) is 46.2 Å². The van der Waals surface area contributed by atoms with Crippen LogP contribution in [0.15, 0.2) is 0 Å². The highest BCUT2D eigenvalue weighted by Crippen LogP contribution is 2.13. The van der Waals surface area contributed by atoms with Gasteiger partial charge in [0.2, 0.25) is 0 Å². The molecule has 1 unspecified atom stereocenters. The molecule has 0 bridgehead atoms. The number of hydrogen-bond donors (Lipinski definition) is 1. The van der Waals surface area contributed by atoms with Crippen molar-refractivity contribution >= 4 is 5.97 Å². The van der Waals surface area contributed by atoms with Crippen LogP contribution in [0.1, 0.15) is 40.0 Å². The maximum atomic E-state index is 11.6. The van der Waals surface area contributed by atoms with Gasteiger partial charge < -0.3 is 20.1 Å². The Kier molecular flexibility index (Phi) is 9.83. The number of ether oxygens (including phenoxy) is 2. The largest absolute Gasteiger partial charge is 0.465 e. The summed E-state index contributed by atoms with van der Waals surface area (Å²) < 4.78 is 10.0. The van der Waals surface area contributed by atoms with Crippen molar-refractivity contribution in [1.29, 1.82) is 0 Å². The lowest BCUT2D eigenvalue weighted by molar-refractivity contribution is -0.149. The molecule has 0 amide bonds. The lowest BCUT2D eigenvalue weighted by Crippen LogP contribution is -2.46. The van der Waals surface area contributed by atoms with Crippen LogP contribution < -0.4 is 5.73 Å². The van der Waals surface area contributed by atoms with Crippen molar-refractivity contribution in [2.45, 2.75) is 45.6 Å². The van der Waals surface area contributed by atoms with Crippen molar-refractivity contribution in [3.05, 3.63) is 0 Å². The molecule has 0 rings (SSSR count). The van der Waals surface area contributed by atoms with Crippen LogP contribution in [0, 0.1) is 0 Å². The molecule has 1 atom stereocenters. The second kappa shape index (κ2) is 10.2. The number of esters is 1. The topological polar surface area (TPSA) is 64.8 Å². The van der Waals surface area contributed by atoms with Gasteiger partial charge in [-0.3, -0.25) is 4.79 Å². The number of nitrogens with zero attached hydrogens (tertiary/aromatic N) is 1. The molecule has 0 heterocycles. The second-order valence-corrected chi connectivity index (χ2v) is 5.02. The lowest BCUT2D eigenvalue weighted by atomic mass is 9.96. The van der Waals surface area contributed by atoms with Crippen molar-refractivity contribution in [2.24, 2.45) is 5.73 Å². The summed E-state index contributed by atoms with van der Waals surface area (Å²) in [6, 6.07) is 0. The van der Waals surface area contributed by atoms with Gasteiger partial charge in [0.25, 0.3) is 0 Å². The average Bonchev–Trinajstić information content (AvgIpc) is 2.38. The highest BCUT2D eigenvalue weighted by molar-refractivity contribution is 5.79. The van der Waals surface area contributed by atoms with E-state index >= 15 is 0 Å². The molecule has 0 aromatic carbocycles. The Bertz CT molecular complexity index is 245. The van der Waals surface area contributed by atoms with Gasteiger partial charge in [-0.1, -0.05) is 6.92 Å². The smallest absolute Gasteiger partial charge is 0.325 e. The summed E-state index contributed by atoms with van der Waals surface area (Å²) in [6.07, 6.45) is 2.62. The number of nitrogens with two attached hydrogens (primary N) is 1. The molecule has 0 radical (unpaired) electrons. The van der Waals surface area contributed by atoms with Crippen molar-refractivity contribution in [1.82, 2.24) is 4.90 Å². The van der Waals surface area contributed by atoms with Gasteiger partial charge in [0.05, 0.1) is 13.2 Å². The molecule has 5 nitrogen and oxygen atoms in total. The molecule has 0 aromatic heterocycles. The lowest BCUT2D eigenvalue weighted by Gasteiger charge is -2.23. The molecule has 0 fully saturated rings. The van der Waals surface area contributed by atoms with Crippen LogP contribution in [0.5, 0.6) is 0 Å². The summed E-state index contributed by atoms with van der Waals surface area (Å²) in [5.74, 6) is -0.304. The Hall–Kier alpha value is -0.650. The number of methoxy groups -OCH3 is 1. The fourth-order valence-corrected chi connectivity index (χ4v) is 1.87. The number of unbranched alkanes of at least 4 members (excludes halogenated alkanes) is 1. The fourth-order valence-electron chi connectivity index (χ4n) is 1.87. The highest BCUT2D eigenvalue weighted by Gasteiger charge is 2.29. The Morgan fingerprint density at radius 3 is 2.47 bits per heavy atom. The molecule has 5 heteroatoms. The van der Waals surface area contributed by atoms with Crippen LogP contribution >= 0.6 is 0 Å². The van der Waals surface area contributed by atoms with E-state index in [0.29, 0.717) is 13.0 Å². The fraction of sp³-hybridized carbons (Fsp3) is 0.929. The first-order valence-electron chi connectivity index (χ1n) is 7.15. The predicted molar refractivity (Wildman–Crippen MR) is 77.1 cm³/mol. The van der Waals surface area contributed by atoms with Crippen LogP contribution in [0.3, 0.4) is 0 Å². The Labute approximate surface area is 117 Å². The summed E-state index contributed by atoms with van der Waals surface area (Å²) in [6.45, 7) is 9.79. The zero-order valence-electron chi connectivity index (χ0n) is 12.9. The Balaban J connectivity index is 3.85. The van der Waals surface area contributed by atoms with E-state index in [0.717, 1.165) is 39.1 Å². The standard InChI is InChI=1S/C14H30N2O3/c1-5-16(11-12-18-4)10-8-7-9-14(3,15)13(17)19-6-2/h5-12,15H2,1-4H3. The normalized spacial score (nSPS) is 14.4. The number of hydrogen-bond acceptors (Lipinski definition) is 5. The Morgan fingerprint density at radius 1 is 1.26 bits per heavy atom. The first-order chi connectivity index (χ1) is 8.97. The second-order valence-electron chi connectivity index (χ2n) is 5.02. The molecule has 2 N–H and O–H groups in total. The highest BCUT2D eigenvalue weighted by atomic mass is 16.5. The van der Waals surface area contributed by atoms with E-state index < -0.39 is 5.54 Å². The molecule has 19 heavy (non-hydrogen) atoms. The molecule has 0 saturated carbocycles. The van der Waals surface area contributed by atoms with E-state index in [-0.39, 0.29) is 5.97 Å². The van der Waals surface area contributed by atoms with Gasteiger partial charge >= 0.3 is 5.97 Å². The van der Waals surface area contributed by atoms with Gasteiger partial charge in [-0.25, -0.2) is 0 Å². The van der Waals surface area contributed by atoms with Crippen molar-refractivity contribution in [3.63, 3.8) is 0 Å². The van der Waals surface area contributed by atoms with Crippen LogP contribution in [0.25, 0.3) is 0 Å². The number of rotatable bonds is 11. The maximum absolute atomic E-state index is 11.6. The minimum Gasteiger partial charge on any atom is -0.465 e. The van der Waals surface area contributed by atoms with Crippen LogP contribution in [0.2, 0.25) is 0 Å². The Morgan fingerprint density at radius 2 is 1.95 bits per heavy atom. The van der Waals surface area contributed by atoms with Crippen LogP contribution in [-0.2, 0) is 14.3 Å². The van der Waals surface area contributed by atoms with Gasteiger partial charge in [0.15, 0.2) is 0 Å². The SMILES string of the molecule is CCOC(=O)C(C)(N)CCCCN(CC)CCOC. The minimum atomic E-state index is -0.862. The van der Waals surface area contributed by atoms with Crippen molar-refractivity contribution < 1.29 is 14.3 Å². The van der Waals surface area contributed by atoms with E-state index in [2.05, 4.69) is 11.8 Å². The zero-order chi connectivity index (χ0) is 14.7. The third kappa shape index (κ3) is 8.18. The van der Waals surface area contributed by atoms with E-state index in [1.165, 1.54) is 0 Å². The average molecular weight is 274 g/mol. The molecule has 0 aliphatic carbocycles. The maximum Gasteiger partial charge on any atom is 0.325 e. The summed E-state index contributed by atoms with van der Waals surface area (Å²) in [5.41, 5.74) is 5.11. The third-order valence-electron chi connectivity index (χ3n) is 3.22. The first kappa shape index (κ1) is 18.4. The predicted octanol–water partition coefficient (Wildman–Crippen LogP) is 1.41. The number of likely N-dealkylation sites (N-methyl/N-ethyl adjacent to an activating group) is 1. The molecule has 0 saturated heterocycles. The molecule has 0 aromatic rings. The van der Waals surface area contributed by atoms with E-state index in [9.17, 15) is 4.79 Å². The summed E-state index contributed by atoms with van der Waals surface area (Å²) >= 11 is 0. The van der Waals surface area contributed by atoms with E-state index in [4.69, 9.17) is 15.2 Å². The molecule has 0 aliphatic heterocycles. The molecule has 0 aliphatic rings. The van der Waals surface area contributed by atoms with Gasteiger partial charge in [-0.15, -0.1) is 0 Å². The van der Waals surface area contributed by atoms with Crippen molar-refractivity contribution in [2.75, 3.05) is 40.0 Å². The van der Waals surface area contributed by atoms with Gasteiger partial charge in [-0.2, -0.15) is 0 Å². The van der Waals surface area contributed by atoms with Gasteiger partial charge in [0.1, 0.15) is 5.54 Å². The summed E-state index contributed by atoms with van der Waals surface area (Å²) in [5, 5.41) is 0. The molecule has 114 valence electrons. The van der Waals surface area contributed by atoms with E-state index in [1.54, 1.807) is 21.0 Å². The quantitative estimate of drug-likeness (QED) is 0.456. The summed E-state index contributed by atoms with van der Waals surface area (Å²) in [7, 11) is 1.72. The molecular formula is C14H30N2O3. The summed E-state index contributed by atoms with van der Waals surface area (Å²) in [4.78, 5) is 14.0. The van der Waals surface area contributed by atoms with Gasteiger partial charge in [0, 0.05) is 13.7 Å². The first-order valence-corrected chi connectivity index (χ1v) is 7.15. The van der Waals surface area contributed by atoms with E-state index in [1.807, 2.05) is 0 Å². The van der Waals surface area contributed by atoms with Crippen molar-refractivity contribution in [3.8, 4) is 0 Å². The number of carbonyl (C=O) groups excluding carboxylic acids is 1. The van der Waals surface area contributed by atoms with Crippen LogP contribution in [0.4, 0.5) is 0 Å². The zero-order valence-corrected chi connectivity index (χ0v) is 12.9. The molecular weight excluding hydrogens is 244 g/mol. The molecule has 0 spiro atoms.